The number of carbonyl (C=O) groups is 14. The van der Waals surface area contributed by atoms with Gasteiger partial charge in [0.15, 0.2) is 0 Å². The lowest BCUT2D eigenvalue weighted by atomic mass is 9.71. The maximum Gasteiger partial charge on any atom is 0.307 e. The van der Waals surface area contributed by atoms with E-state index >= 15 is 4.79 Å². The molecule has 14 atom stereocenters. The van der Waals surface area contributed by atoms with Crippen LogP contribution in [0.2, 0.25) is 0 Å². The SMILES string of the molecule is CCCCCCCC[C@H]1NC(=O)[C@@H](CC(C)C)NC(=O)[C@H]([C@@H](C)O)NC(=O)[C@@H](CC(C)C)NC(=O)C(CC(N)=O)NC(=O)C(CC(N)=O)NC(=O)[C@H](C)NC(=O)[C@H]([C@@H](C)O)NC(=O)[C@@H](CCCN2C=C3C(=O)[C@](C)(OC(=O)CCC)C(=O)C(Cl)=C3[C@H](C)[C@@]23CCCO3)NC1=O. The Kier molecular flexibility index (Phi) is 30.7. The van der Waals surface area contributed by atoms with Gasteiger partial charge in [0.05, 0.1) is 30.1 Å². The summed E-state index contributed by atoms with van der Waals surface area (Å²) in [6.45, 7) is 17.3. The van der Waals surface area contributed by atoms with Crippen LogP contribution in [0.3, 0.4) is 0 Å². The molecule has 95 heavy (non-hydrogen) atoms. The number of ether oxygens (including phenoxy) is 2. The van der Waals surface area contributed by atoms with Crippen LogP contribution in [0.5, 0.6) is 0 Å². The van der Waals surface area contributed by atoms with Crippen molar-refractivity contribution in [3.63, 3.8) is 0 Å². The van der Waals surface area contributed by atoms with Gasteiger partial charge < -0.3 is 83.9 Å². The fourth-order valence-electron chi connectivity index (χ4n) is 12.0. The van der Waals surface area contributed by atoms with Gasteiger partial charge in [0.25, 0.3) is 0 Å². The molecule has 2 fully saturated rings. The molecule has 0 aromatic carbocycles. The van der Waals surface area contributed by atoms with Crippen LogP contribution < -0.4 is 59.3 Å². The highest BCUT2D eigenvalue weighted by Gasteiger charge is 2.59. The molecule has 0 radical (unpaired) electrons. The van der Waals surface area contributed by atoms with Crippen LogP contribution in [0.15, 0.2) is 22.4 Å². The predicted molar refractivity (Wildman–Crippen MR) is 344 cm³/mol. The van der Waals surface area contributed by atoms with E-state index in [0.29, 0.717) is 32.1 Å². The lowest BCUT2D eigenvalue weighted by molar-refractivity contribution is -0.170. The number of aliphatic hydroxyl groups is 2. The van der Waals surface area contributed by atoms with E-state index in [1.165, 1.54) is 20.0 Å². The normalized spacial score (nSPS) is 28.9. The third kappa shape index (κ3) is 22.0. The highest BCUT2D eigenvalue weighted by atomic mass is 35.5. The van der Waals surface area contributed by atoms with E-state index in [2.05, 4.69) is 47.9 Å². The Bertz CT molecular complexity index is 2910. The number of nitrogens with two attached hydrogens (primary N) is 2. The number of rotatable bonds is 24. The number of fused-ring (bicyclic) bond motifs is 1. The molecule has 31 heteroatoms. The third-order valence-electron chi connectivity index (χ3n) is 17.2. The summed E-state index contributed by atoms with van der Waals surface area (Å²) in [5.41, 5.74) is 7.61. The smallest absolute Gasteiger partial charge is 0.307 e. The Hall–Kier alpha value is -7.57. The van der Waals surface area contributed by atoms with E-state index in [-0.39, 0.29) is 79.7 Å². The van der Waals surface area contributed by atoms with Crippen molar-refractivity contribution in [3.05, 3.63) is 22.4 Å². The molecule has 0 aromatic rings. The number of ketones is 2. The average Bonchev–Trinajstić information content (AvgIpc) is 1.65. The van der Waals surface area contributed by atoms with Crippen molar-refractivity contribution < 1.29 is 86.8 Å². The molecule has 0 saturated carbocycles. The summed E-state index contributed by atoms with van der Waals surface area (Å²) in [6, 6.07) is -15.1. The maximum atomic E-state index is 15.0. The van der Waals surface area contributed by atoms with Gasteiger partial charge in [-0.05, 0) is 96.5 Å². The van der Waals surface area contributed by atoms with E-state index < -0.39 is 179 Å². The molecule has 30 nitrogen and oxygen atoms in total. The number of halogens is 1. The zero-order valence-corrected chi connectivity index (χ0v) is 57.3. The monoisotopic (exact) mass is 1360 g/mol. The van der Waals surface area contributed by atoms with Crippen LogP contribution in [0.1, 0.15) is 185 Å². The molecular weight excluding hydrogens is 1260 g/mol. The lowest BCUT2D eigenvalue weighted by Crippen LogP contribution is -2.62. The summed E-state index contributed by atoms with van der Waals surface area (Å²) in [5.74, 6) is -15.9. The first-order valence-corrected chi connectivity index (χ1v) is 33.4. The molecule has 2 unspecified atom stereocenters. The molecular formula is C64H101ClN12O18. The van der Waals surface area contributed by atoms with E-state index in [9.17, 15) is 72.5 Å². The van der Waals surface area contributed by atoms with E-state index in [1.54, 1.807) is 46.4 Å². The molecule has 0 aromatic heterocycles. The number of aliphatic hydroxyl groups excluding tert-OH is 2. The Labute approximate surface area is 559 Å². The Balaban J connectivity index is 1.89. The van der Waals surface area contributed by atoms with Gasteiger partial charge in [0.2, 0.25) is 82.1 Å². The minimum absolute atomic E-state index is 0.00319. The Morgan fingerprint density at radius 2 is 1.02 bits per heavy atom. The molecule has 3 heterocycles. The second-order valence-corrected chi connectivity index (χ2v) is 26.6. The summed E-state index contributed by atoms with van der Waals surface area (Å²) in [5, 5.41) is 44.2. The molecule has 3 aliphatic heterocycles. The number of carbonyl (C=O) groups excluding carboxylic acids is 14. The maximum absolute atomic E-state index is 15.0. The van der Waals surface area contributed by atoms with Crippen LogP contribution in [0.4, 0.5) is 0 Å². The van der Waals surface area contributed by atoms with Crippen molar-refractivity contribution in [1.82, 2.24) is 52.8 Å². The number of esters is 1. The minimum atomic E-state index is -2.31. The van der Waals surface area contributed by atoms with Crippen molar-refractivity contribution in [3.8, 4) is 0 Å². The predicted octanol–water partition coefficient (Wildman–Crippen LogP) is -0.393. The number of hydrogen-bond acceptors (Lipinski definition) is 19. The molecule has 4 aliphatic rings. The van der Waals surface area contributed by atoms with Gasteiger partial charge in [-0.25, -0.2) is 0 Å². The molecule has 0 bridgehead atoms. The van der Waals surface area contributed by atoms with Crippen molar-refractivity contribution >= 4 is 94.1 Å². The zero-order chi connectivity index (χ0) is 71.4. The Morgan fingerprint density at radius 1 is 0.589 bits per heavy atom. The number of primary amides is 2. The summed E-state index contributed by atoms with van der Waals surface area (Å²) in [6.07, 6.45) is 1.53. The van der Waals surface area contributed by atoms with Crippen molar-refractivity contribution in [2.24, 2.45) is 29.2 Å². The fourth-order valence-corrected chi connectivity index (χ4v) is 12.4. The largest absolute Gasteiger partial charge is 0.442 e. The number of unbranched alkanes of at least 4 members (excludes halogenated alkanes) is 5. The second-order valence-electron chi connectivity index (χ2n) is 26.2. The van der Waals surface area contributed by atoms with Crippen LogP contribution in [0, 0.1) is 17.8 Å². The number of Topliss-reactive ketones (excluding diaryl/α,β-unsaturated/α-hetero) is 2. The van der Waals surface area contributed by atoms with Gasteiger partial charge in [-0.1, -0.05) is 98.6 Å². The summed E-state index contributed by atoms with van der Waals surface area (Å²) < 4.78 is 12.0. The second kappa shape index (κ2) is 36.5. The van der Waals surface area contributed by atoms with Gasteiger partial charge in [0, 0.05) is 37.3 Å². The lowest BCUT2D eigenvalue weighted by Gasteiger charge is -2.50. The van der Waals surface area contributed by atoms with Crippen LogP contribution in [-0.2, 0) is 76.6 Å². The molecule has 4 rings (SSSR count). The van der Waals surface area contributed by atoms with E-state index in [0.717, 1.165) is 39.5 Å². The molecule has 11 amide bonds. The van der Waals surface area contributed by atoms with Gasteiger partial charge in [-0.3, -0.25) is 67.1 Å². The first kappa shape index (κ1) is 79.9. The highest BCUT2D eigenvalue weighted by Crippen LogP contribution is 2.51. The van der Waals surface area contributed by atoms with Crippen LogP contribution in [0.25, 0.3) is 0 Å². The van der Waals surface area contributed by atoms with Gasteiger partial charge >= 0.3 is 5.97 Å². The van der Waals surface area contributed by atoms with Crippen LogP contribution in [-0.4, -0.2) is 189 Å². The standard InChI is InChI=1S/C64H101ClN12O18/c1-12-14-15-16-17-18-22-39-55(86)69-40(23-19-25-77-31-38-48(34(7)64(77)24-20-26-94-64)49(65)53(84)63(11,52(38)83)95-47(82)21-13-2)56(87)75-50(36(9)78)61(92)68-35(8)54(85)71-43(29-45(66)80)58(89)73-44(30-46(67)81)59(90)72-42(28-33(5)6)60(91)76-51(37(10)79)62(93)74-41(27-32(3)4)57(88)70-39/h31-37,39-44,50-51,78-79H,12-30H2,1-11H3,(H2,66,80)(H2,67,81)(H,68,92)(H,69,86)(H,70,88)(H,71,85)(H,72,90)(H,73,89)(H,74,93)(H,75,87)(H,76,91)/t34-,35-,36+,37+,39+,40+,41+,42+,43?,44?,50-,51-,63-,64-/m0/s1. The molecule has 15 N–H and O–H groups in total. The minimum Gasteiger partial charge on any atom is -0.442 e. The fraction of sp³-hybridized carbons (Fsp3) is 0.719. The molecule has 1 aliphatic carbocycles. The topological polar surface area (TPSA) is 461 Å². The van der Waals surface area contributed by atoms with E-state index in [4.69, 9.17) is 32.5 Å². The van der Waals surface area contributed by atoms with Crippen LogP contribution >= 0.6 is 11.6 Å². The zero-order valence-electron chi connectivity index (χ0n) is 56.5. The van der Waals surface area contributed by atoms with Gasteiger partial charge in [-0.2, -0.15) is 0 Å². The van der Waals surface area contributed by atoms with Crippen molar-refractivity contribution in [2.75, 3.05) is 13.2 Å². The summed E-state index contributed by atoms with van der Waals surface area (Å²) >= 11 is 6.83. The van der Waals surface area contributed by atoms with E-state index in [1.807, 2.05) is 6.92 Å². The van der Waals surface area contributed by atoms with Gasteiger partial charge in [-0.15, -0.1) is 0 Å². The summed E-state index contributed by atoms with van der Waals surface area (Å²) in [7, 11) is 0. The first-order valence-electron chi connectivity index (χ1n) is 33.0. The number of nitrogens with zero attached hydrogens (tertiary/aromatic N) is 1. The van der Waals surface area contributed by atoms with Crippen molar-refractivity contribution in [1.29, 1.82) is 0 Å². The first-order chi connectivity index (χ1) is 44.5. The molecule has 532 valence electrons. The number of amides is 11. The molecule has 1 spiro atoms. The average molecular weight is 1360 g/mol. The summed E-state index contributed by atoms with van der Waals surface area (Å²) in [4.78, 5) is 197. The highest BCUT2D eigenvalue weighted by molar-refractivity contribution is 6.49. The molecule has 2 saturated heterocycles. The third-order valence-corrected chi connectivity index (χ3v) is 17.5. The van der Waals surface area contributed by atoms with Gasteiger partial charge in [0.1, 0.15) is 60.1 Å². The number of hydrogen-bond donors (Lipinski definition) is 13. The quantitative estimate of drug-likeness (QED) is 0.0332. The van der Waals surface area contributed by atoms with Crippen molar-refractivity contribution in [2.45, 2.75) is 263 Å². The number of nitrogens with one attached hydrogen (secondary N) is 9. The Morgan fingerprint density at radius 3 is 1.51 bits per heavy atom.